The number of benzene rings is 1. The molecule has 24 heavy (non-hydrogen) atoms. The summed E-state index contributed by atoms with van der Waals surface area (Å²) in [6, 6.07) is 8.01. The second-order valence-electron chi connectivity index (χ2n) is 5.69. The maximum absolute atomic E-state index is 11.7. The maximum Gasteiger partial charge on any atom is 0.267 e. The molecule has 1 aliphatic rings. The lowest BCUT2D eigenvalue weighted by molar-refractivity contribution is -0.198. The van der Waals surface area contributed by atoms with Gasteiger partial charge in [0.05, 0.1) is 6.33 Å². The largest absolute Gasteiger partial charge is 0.350 e. The quantitative estimate of drug-likeness (QED) is 0.654. The molecule has 0 bridgehead atoms. The fraction of sp³-hybridized carbons (Fsp3) is 0.333. The molecule has 1 aromatic carbocycles. The van der Waals surface area contributed by atoms with Crippen LogP contribution in [0.25, 0.3) is 6.08 Å². The Morgan fingerprint density at radius 1 is 1.38 bits per heavy atom. The second-order valence-corrected chi connectivity index (χ2v) is 5.69. The van der Waals surface area contributed by atoms with Crippen molar-refractivity contribution in [2.45, 2.75) is 32.1 Å². The first kappa shape index (κ1) is 16.4. The average Bonchev–Trinajstić information content (AvgIpc) is 3.13. The van der Waals surface area contributed by atoms with Gasteiger partial charge in [0.15, 0.2) is 6.29 Å². The number of carbonyl (C=O) groups is 1. The Morgan fingerprint density at radius 2 is 2.25 bits per heavy atom. The first-order valence-corrected chi connectivity index (χ1v) is 8.09. The topological polar surface area (TPSA) is 65.4 Å². The summed E-state index contributed by atoms with van der Waals surface area (Å²) >= 11 is 0. The van der Waals surface area contributed by atoms with E-state index >= 15 is 0 Å². The van der Waals surface area contributed by atoms with Gasteiger partial charge >= 0.3 is 0 Å². The Balaban J connectivity index is 1.45. The number of nitrogens with zero attached hydrogens (tertiary/aromatic N) is 2. The summed E-state index contributed by atoms with van der Waals surface area (Å²) in [6.07, 6.45) is 11.3. The first-order chi connectivity index (χ1) is 11.8. The minimum atomic E-state index is -0.335. The predicted octanol–water partition coefficient (Wildman–Crippen LogP) is 2.52. The van der Waals surface area contributed by atoms with Gasteiger partial charge in [-0.3, -0.25) is 4.79 Å². The monoisotopic (exact) mass is 327 g/mol. The number of rotatable bonds is 6. The van der Waals surface area contributed by atoms with Crippen LogP contribution in [0.15, 0.2) is 49.1 Å². The van der Waals surface area contributed by atoms with E-state index in [-0.39, 0.29) is 12.2 Å². The van der Waals surface area contributed by atoms with Crippen LogP contribution in [0, 0.1) is 0 Å². The van der Waals surface area contributed by atoms with Crippen LogP contribution in [0.2, 0.25) is 0 Å². The number of amides is 1. The maximum atomic E-state index is 11.7. The van der Waals surface area contributed by atoms with Gasteiger partial charge < -0.3 is 9.30 Å². The Bertz CT molecular complexity index is 659. The third-order valence-electron chi connectivity index (χ3n) is 3.76. The SMILES string of the molecule is O=C(C=Cc1ccc(Cn2ccnc2)cc1)NOC1CCCCO1. The van der Waals surface area contributed by atoms with Gasteiger partial charge in [0.2, 0.25) is 0 Å². The van der Waals surface area contributed by atoms with Gasteiger partial charge in [-0.05, 0) is 30.0 Å². The molecule has 0 saturated carbocycles. The molecule has 1 fully saturated rings. The van der Waals surface area contributed by atoms with Crippen LogP contribution in [0.1, 0.15) is 30.4 Å². The molecule has 0 aliphatic carbocycles. The number of hydrogen-bond donors (Lipinski definition) is 1. The van der Waals surface area contributed by atoms with Crippen LogP contribution < -0.4 is 5.48 Å². The van der Waals surface area contributed by atoms with Gasteiger partial charge in [-0.1, -0.05) is 24.3 Å². The summed E-state index contributed by atoms with van der Waals surface area (Å²) < 4.78 is 7.38. The van der Waals surface area contributed by atoms with E-state index in [0.717, 1.165) is 31.4 Å². The van der Waals surface area contributed by atoms with E-state index in [9.17, 15) is 4.79 Å². The Labute approximate surface area is 141 Å². The molecular weight excluding hydrogens is 306 g/mol. The highest BCUT2D eigenvalue weighted by Crippen LogP contribution is 2.12. The third-order valence-corrected chi connectivity index (χ3v) is 3.76. The lowest BCUT2D eigenvalue weighted by Crippen LogP contribution is -2.32. The lowest BCUT2D eigenvalue weighted by Gasteiger charge is -2.21. The molecular formula is C18H21N3O3. The van der Waals surface area contributed by atoms with Gasteiger partial charge in [-0.25, -0.2) is 15.3 Å². The lowest BCUT2D eigenvalue weighted by atomic mass is 10.1. The molecule has 1 saturated heterocycles. The fourth-order valence-electron chi connectivity index (χ4n) is 2.46. The molecule has 6 nitrogen and oxygen atoms in total. The predicted molar refractivity (Wildman–Crippen MR) is 89.6 cm³/mol. The van der Waals surface area contributed by atoms with E-state index in [4.69, 9.17) is 9.57 Å². The average molecular weight is 327 g/mol. The van der Waals surface area contributed by atoms with Gasteiger partial charge in [-0.15, -0.1) is 0 Å². The zero-order valence-corrected chi connectivity index (χ0v) is 13.4. The van der Waals surface area contributed by atoms with Crippen LogP contribution in [-0.2, 0) is 20.9 Å². The molecule has 2 heterocycles. The number of hydroxylamine groups is 1. The molecule has 1 amide bonds. The Kier molecular flexibility index (Phi) is 5.76. The molecule has 1 atom stereocenters. The van der Waals surface area contributed by atoms with Crippen LogP contribution in [0.4, 0.5) is 0 Å². The van der Waals surface area contributed by atoms with Crippen molar-refractivity contribution >= 4 is 12.0 Å². The molecule has 0 radical (unpaired) electrons. The van der Waals surface area contributed by atoms with Crippen molar-refractivity contribution in [3.63, 3.8) is 0 Å². The van der Waals surface area contributed by atoms with Crippen molar-refractivity contribution in [3.05, 3.63) is 60.2 Å². The number of aromatic nitrogens is 2. The molecule has 2 aromatic rings. The Hall–Kier alpha value is -2.44. The summed E-state index contributed by atoms with van der Waals surface area (Å²) in [6.45, 7) is 1.46. The number of carbonyl (C=O) groups excluding carboxylic acids is 1. The minimum Gasteiger partial charge on any atom is -0.350 e. The van der Waals surface area contributed by atoms with Crippen molar-refractivity contribution < 1.29 is 14.4 Å². The zero-order valence-electron chi connectivity index (χ0n) is 13.4. The molecule has 126 valence electrons. The Morgan fingerprint density at radius 3 is 2.96 bits per heavy atom. The third kappa shape index (κ3) is 5.04. The summed E-state index contributed by atoms with van der Waals surface area (Å²) in [5, 5.41) is 0. The van der Waals surface area contributed by atoms with E-state index in [2.05, 4.69) is 10.5 Å². The van der Waals surface area contributed by atoms with E-state index in [1.54, 1.807) is 18.6 Å². The second kappa shape index (κ2) is 8.42. The normalized spacial score (nSPS) is 17.9. The van der Waals surface area contributed by atoms with E-state index < -0.39 is 0 Å². The summed E-state index contributed by atoms with van der Waals surface area (Å²) in [7, 11) is 0. The van der Waals surface area contributed by atoms with Gasteiger partial charge in [0.1, 0.15) is 0 Å². The molecule has 1 aliphatic heterocycles. The molecule has 3 rings (SSSR count). The first-order valence-electron chi connectivity index (χ1n) is 8.09. The fourth-order valence-corrected chi connectivity index (χ4v) is 2.46. The van der Waals surface area contributed by atoms with Crippen LogP contribution in [-0.4, -0.2) is 28.4 Å². The number of hydrogen-bond acceptors (Lipinski definition) is 4. The molecule has 1 aromatic heterocycles. The van der Waals surface area contributed by atoms with E-state index in [1.807, 2.05) is 35.0 Å². The van der Waals surface area contributed by atoms with Crippen molar-refractivity contribution in [2.75, 3.05) is 6.61 Å². The highest BCUT2D eigenvalue weighted by Gasteiger charge is 2.14. The van der Waals surface area contributed by atoms with Gasteiger partial charge in [-0.2, -0.15) is 0 Å². The molecule has 6 heteroatoms. The molecule has 1 N–H and O–H groups in total. The smallest absolute Gasteiger partial charge is 0.267 e. The number of ether oxygens (including phenoxy) is 1. The van der Waals surface area contributed by atoms with Gasteiger partial charge in [0, 0.05) is 38.0 Å². The minimum absolute atomic E-state index is 0.299. The number of imidazole rings is 1. The van der Waals surface area contributed by atoms with Crippen LogP contribution in [0.5, 0.6) is 0 Å². The number of nitrogens with one attached hydrogen (secondary N) is 1. The standard InChI is InChI=1S/C18H21N3O3/c22-17(20-24-18-3-1-2-12-23-18)9-8-15-4-6-16(7-5-15)13-21-11-10-19-14-21/h4-11,14,18H,1-3,12-13H2,(H,20,22). The van der Waals surface area contributed by atoms with Gasteiger partial charge in [0.25, 0.3) is 5.91 Å². The highest BCUT2D eigenvalue weighted by atomic mass is 16.8. The molecule has 1 unspecified atom stereocenters. The van der Waals surface area contributed by atoms with Crippen molar-refractivity contribution in [2.24, 2.45) is 0 Å². The summed E-state index contributed by atoms with van der Waals surface area (Å²) in [4.78, 5) is 21.0. The molecule has 0 spiro atoms. The van der Waals surface area contributed by atoms with E-state index in [0.29, 0.717) is 6.61 Å². The van der Waals surface area contributed by atoms with Crippen molar-refractivity contribution in [3.8, 4) is 0 Å². The van der Waals surface area contributed by atoms with E-state index in [1.165, 1.54) is 11.6 Å². The highest BCUT2D eigenvalue weighted by molar-refractivity contribution is 5.90. The van der Waals surface area contributed by atoms with Crippen molar-refractivity contribution in [1.82, 2.24) is 15.0 Å². The summed E-state index contributed by atoms with van der Waals surface area (Å²) in [5.41, 5.74) is 4.53. The summed E-state index contributed by atoms with van der Waals surface area (Å²) in [5.74, 6) is -0.299. The van der Waals surface area contributed by atoms with Crippen LogP contribution in [0.3, 0.4) is 0 Å². The zero-order chi connectivity index (χ0) is 16.6. The van der Waals surface area contributed by atoms with Crippen molar-refractivity contribution in [1.29, 1.82) is 0 Å². The van der Waals surface area contributed by atoms with Crippen LogP contribution >= 0.6 is 0 Å².